The van der Waals surface area contributed by atoms with Crippen molar-refractivity contribution in [2.24, 2.45) is 0 Å². The molecule has 0 spiro atoms. The first kappa shape index (κ1) is 19.1. The lowest BCUT2D eigenvalue weighted by atomic mass is 10.3. The maximum absolute atomic E-state index is 12.1. The Labute approximate surface area is 166 Å². The van der Waals surface area contributed by atoms with Gasteiger partial charge < -0.3 is 5.32 Å². The number of tetrazole rings is 1. The second kappa shape index (κ2) is 8.33. The maximum atomic E-state index is 12.1. The molecule has 0 atom stereocenters. The van der Waals surface area contributed by atoms with Crippen molar-refractivity contribution in [2.45, 2.75) is 5.16 Å². The maximum Gasteiger partial charge on any atom is 0.289 e. The van der Waals surface area contributed by atoms with Gasteiger partial charge in [-0.2, -0.15) is 4.68 Å². The summed E-state index contributed by atoms with van der Waals surface area (Å²) in [7, 11) is 0. The van der Waals surface area contributed by atoms with Gasteiger partial charge in [0.1, 0.15) is 5.02 Å². The predicted molar refractivity (Wildman–Crippen MR) is 102 cm³/mol. The zero-order valence-corrected chi connectivity index (χ0v) is 15.7. The van der Waals surface area contributed by atoms with Crippen LogP contribution in [0.5, 0.6) is 0 Å². The third-order valence-electron chi connectivity index (χ3n) is 3.27. The van der Waals surface area contributed by atoms with E-state index in [1.807, 2.05) is 0 Å². The lowest BCUT2D eigenvalue weighted by molar-refractivity contribution is -0.384. The van der Waals surface area contributed by atoms with Crippen molar-refractivity contribution >= 4 is 52.2 Å². The molecule has 1 amide bonds. The minimum atomic E-state index is -0.618. The molecule has 27 heavy (non-hydrogen) atoms. The highest BCUT2D eigenvalue weighted by Crippen LogP contribution is 2.27. The standard InChI is InChI=1S/C15H10Cl2N6O3S/c16-9-1-4-11(5-2-9)22-15(19-20-21-22)27-8-14(24)18-10-3-6-12(17)13(7-10)23(25)26/h1-7H,8H2,(H,18,24). The number of rotatable bonds is 6. The number of nitro benzene ring substituents is 1. The topological polar surface area (TPSA) is 116 Å². The van der Waals surface area contributed by atoms with Crippen LogP contribution in [0.4, 0.5) is 11.4 Å². The van der Waals surface area contributed by atoms with Crippen LogP contribution in [-0.2, 0) is 4.79 Å². The van der Waals surface area contributed by atoms with E-state index in [1.165, 1.54) is 22.9 Å². The van der Waals surface area contributed by atoms with Crippen molar-refractivity contribution in [3.63, 3.8) is 0 Å². The average molecular weight is 425 g/mol. The highest BCUT2D eigenvalue weighted by Gasteiger charge is 2.15. The Kier molecular flexibility index (Phi) is 5.89. The molecule has 1 N–H and O–H groups in total. The monoisotopic (exact) mass is 424 g/mol. The minimum absolute atomic E-state index is 0.00435. The minimum Gasteiger partial charge on any atom is -0.325 e. The molecular weight excluding hydrogens is 415 g/mol. The van der Waals surface area contributed by atoms with E-state index < -0.39 is 4.92 Å². The summed E-state index contributed by atoms with van der Waals surface area (Å²) in [5.74, 6) is -0.369. The molecule has 138 valence electrons. The number of hydrogen-bond donors (Lipinski definition) is 1. The summed E-state index contributed by atoms with van der Waals surface area (Å²) in [6, 6.07) is 10.9. The number of benzene rings is 2. The third kappa shape index (κ3) is 4.73. The van der Waals surface area contributed by atoms with Crippen molar-refractivity contribution in [1.29, 1.82) is 0 Å². The fourth-order valence-corrected chi connectivity index (χ4v) is 3.07. The summed E-state index contributed by atoms with van der Waals surface area (Å²) in [5.41, 5.74) is 0.684. The van der Waals surface area contributed by atoms with Gasteiger partial charge in [-0.1, -0.05) is 35.0 Å². The highest BCUT2D eigenvalue weighted by molar-refractivity contribution is 7.99. The Bertz CT molecular complexity index is 995. The molecule has 0 radical (unpaired) electrons. The van der Waals surface area contributed by atoms with Crippen LogP contribution in [0.3, 0.4) is 0 Å². The molecule has 12 heteroatoms. The van der Waals surface area contributed by atoms with E-state index in [1.54, 1.807) is 24.3 Å². The van der Waals surface area contributed by atoms with Crippen LogP contribution < -0.4 is 5.32 Å². The second-order valence-corrected chi connectivity index (χ2v) is 6.90. The quantitative estimate of drug-likeness (QED) is 0.364. The molecule has 3 rings (SSSR count). The molecule has 9 nitrogen and oxygen atoms in total. The van der Waals surface area contributed by atoms with E-state index in [-0.39, 0.29) is 28.1 Å². The lowest BCUT2D eigenvalue weighted by Gasteiger charge is -2.06. The lowest BCUT2D eigenvalue weighted by Crippen LogP contribution is -2.14. The summed E-state index contributed by atoms with van der Waals surface area (Å²) in [4.78, 5) is 22.4. The first-order valence-electron chi connectivity index (χ1n) is 7.35. The molecule has 1 heterocycles. The van der Waals surface area contributed by atoms with E-state index in [9.17, 15) is 14.9 Å². The number of nitro groups is 1. The smallest absolute Gasteiger partial charge is 0.289 e. The zero-order chi connectivity index (χ0) is 19.4. The van der Waals surface area contributed by atoms with Crippen LogP contribution in [0.15, 0.2) is 47.6 Å². The van der Waals surface area contributed by atoms with E-state index in [0.717, 1.165) is 11.8 Å². The number of carbonyl (C=O) groups is 1. The SMILES string of the molecule is O=C(CSc1nnnn1-c1ccc(Cl)cc1)Nc1ccc(Cl)c([N+](=O)[O-])c1. The number of nitrogens with zero attached hydrogens (tertiary/aromatic N) is 5. The fourth-order valence-electron chi connectivity index (χ4n) is 2.07. The Morgan fingerprint density at radius 1 is 1.22 bits per heavy atom. The third-order valence-corrected chi connectivity index (χ3v) is 4.76. The molecular formula is C15H10Cl2N6O3S. The molecule has 0 saturated carbocycles. The fraction of sp³-hybridized carbons (Fsp3) is 0.0667. The van der Waals surface area contributed by atoms with Gasteiger partial charge >= 0.3 is 0 Å². The first-order chi connectivity index (χ1) is 12.9. The number of carbonyl (C=O) groups excluding carboxylic acids is 1. The first-order valence-corrected chi connectivity index (χ1v) is 9.09. The van der Waals surface area contributed by atoms with E-state index in [2.05, 4.69) is 20.8 Å². The Hall–Kier alpha value is -2.69. The van der Waals surface area contributed by atoms with E-state index in [4.69, 9.17) is 23.2 Å². The largest absolute Gasteiger partial charge is 0.325 e. The molecule has 0 aliphatic carbocycles. The number of hydrogen-bond acceptors (Lipinski definition) is 7. The van der Waals surface area contributed by atoms with Gasteiger partial charge in [0.25, 0.3) is 5.69 Å². The number of nitrogens with one attached hydrogen (secondary N) is 1. The molecule has 0 saturated heterocycles. The van der Waals surface area contributed by atoms with Crippen LogP contribution in [0.1, 0.15) is 0 Å². The number of anilines is 1. The van der Waals surface area contributed by atoms with Crippen LogP contribution in [-0.4, -0.2) is 36.8 Å². The van der Waals surface area contributed by atoms with E-state index in [0.29, 0.717) is 15.9 Å². The molecule has 3 aromatic rings. The van der Waals surface area contributed by atoms with Gasteiger partial charge in [0.05, 0.1) is 16.4 Å². The average Bonchev–Trinajstić information content (AvgIpc) is 3.10. The molecule has 0 bridgehead atoms. The van der Waals surface area contributed by atoms with E-state index >= 15 is 0 Å². The number of thioether (sulfide) groups is 1. The molecule has 0 fully saturated rings. The molecule has 0 aliphatic heterocycles. The van der Waals surface area contributed by atoms with Crippen molar-refractivity contribution in [3.8, 4) is 5.69 Å². The zero-order valence-electron chi connectivity index (χ0n) is 13.4. The Morgan fingerprint density at radius 2 is 1.96 bits per heavy atom. The van der Waals surface area contributed by atoms with Gasteiger partial charge in [-0.25, -0.2) is 0 Å². The predicted octanol–water partition coefficient (Wildman–Crippen LogP) is 3.61. The number of aromatic nitrogens is 4. The van der Waals surface area contributed by atoms with Crippen LogP contribution in [0.25, 0.3) is 5.69 Å². The summed E-state index contributed by atoms with van der Waals surface area (Å²) < 4.78 is 1.47. The van der Waals surface area contributed by atoms with Gasteiger partial charge in [-0.05, 0) is 46.8 Å². The van der Waals surface area contributed by atoms with Crippen LogP contribution in [0, 0.1) is 10.1 Å². The molecule has 1 aromatic heterocycles. The summed E-state index contributed by atoms with van der Waals surface area (Å²) in [6.07, 6.45) is 0. The van der Waals surface area contributed by atoms with Crippen LogP contribution >= 0.6 is 35.0 Å². The Morgan fingerprint density at radius 3 is 2.67 bits per heavy atom. The molecule has 2 aromatic carbocycles. The van der Waals surface area contributed by atoms with Gasteiger partial charge in [0.15, 0.2) is 0 Å². The van der Waals surface area contributed by atoms with Gasteiger partial charge in [0, 0.05) is 16.8 Å². The normalized spacial score (nSPS) is 10.6. The summed E-state index contributed by atoms with van der Waals surface area (Å²) in [6.45, 7) is 0. The van der Waals surface area contributed by atoms with Gasteiger partial charge in [-0.15, -0.1) is 5.10 Å². The molecule has 0 aliphatic rings. The number of halogens is 2. The number of amides is 1. The highest BCUT2D eigenvalue weighted by atomic mass is 35.5. The van der Waals surface area contributed by atoms with Gasteiger partial charge in [-0.3, -0.25) is 14.9 Å². The summed E-state index contributed by atoms with van der Waals surface area (Å²) in [5, 5.41) is 25.9. The Balaban J connectivity index is 1.65. The van der Waals surface area contributed by atoms with Gasteiger partial charge in [0.2, 0.25) is 11.1 Å². The van der Waals surface area contributed by atoms with Crippen LogP contribution in [0.2, 0.25) is 10.0 Å². The van der Waals surface area contributed by atoms with Crippen molar-refractivity contribution in [3.05, 3.63) is 62.6 Å². The summed E-state index contributed by atoms with van der Waals surface area (Å²) >= 11 is 12.7. The van der Waals surface area contributed by atoms with Crippen molar-refractivity contribution in [1.82, 2.24) is 20.2 Å². The van der Waals surface area contributed by atoms with Crippen molar-refractivity contribution < 1.29 is 9.72 Å². The second-order valence-electron chi connectivity index (χ2n) is 5.11. The molecule has 0 unspecified atom stereocenters. The van der Waals surface area contributed by atoms with Crippen molar-refractivity contribution in [2.75, 3.05) is 11.1 Å².